The van der Waals surface area contributed by atoms with Crippen molar-refractivity contribution in [3.05, 3.63) is 0 Å². The molecule has 0 spiro atoms. The van der Waals surface area contributed by atoms with Gasteiger partial charge < -0.3 is 4.79 Å². The van der Waals surface area contributed by atoms with E-state index in [0.29, 0.717) is 6.42 Å². The number of hydrogen-bond acceptors (Lipinski definition) is 1. The van der Waals surface area contributed by atoms with E-state index in [4.69, 9.17) is 0 Å². The van der Waals surface area contributed by atoms with Crippen LogP contribution in [0.25, 0.3) is 0 Å². The lowest BCUT2D eigenvalue weighted by molar-refractivity contribution is -0.107. The van der Waals surface area contributed by atoms with Gasteiger partial charge in [0.25, 0.3) is 0 Å². The summed E-state index contributed by atoms with van der Waals surface area (Å²) in [5.74, 6) is 0. The molecule has 0 heterocycles. The van der Waals surface area contributed by atoms with Crippen LogP contribution >= 0.6 is 15.9 Å². The average Bonchev–Trinajstić information content (AvgIpc) is 1.69. The summed E-state index contributed by atoms with van der Waals surface area (Å²) >= 11 is 3.26. The van der Waals surface area contributed by atoms with Crippen molar-refractivity contribution < 1.29 is 4.79 Å². The molecule has 0 saturated heterocycles. The van der Waals surface area contributed by atoms with E-state index in [1.54, 1.807) is 0 Å². The Bertz CT molecular complexity index is 45.3. The molecule has 1 nitrogen and oxygen atoms in total. The van der Waals surface area contributed by atoms with Crippen LogP contribution < -0.4 is 0 Å². The fourth-order valence-corrected chi connectivity index (χ4v) is 0.719. The molecule has 0 atom stereocenters. The van der Waals surface area contributed by atoms with Crippen molar-refractivity contribution in [3.8, 4) is 0 Å². The maximum Gasteiger partial charge on any atom is 0.119 e. The highest BCUT2D eigenvalue weighted by Crippen LogP contribution is 1.94. The van der Waals surface area contributed by atoms with Crippen LogP contribution in [0.15, 0.2) is 0 Å². The fourth-order valence-electron chi connectivity index (χ4n) is 0.322. The Balaban J connectivity index is 2.56. The second kappa shape index (κ2) is 6.15. The van der Waals surface area contributed by atoms with Crippen molar-refractivity contribution in [2.75, 3.05) is 5.33 Å². The Kier molecular flexibility index (Phi) is 6.28. The highest BCUT2D eigenvalue weighted by Gasteiger charge is 1.81. The molecule has 7 heavy (non-hydrogen) atoms. The van der Waals surface area contributed by atoms with Crippen LogP contribution in [0.3, 0.4) is 0 Å². The second-order valence-electron chi connectivity index (χ2n) is 1.35. The van der Waals surface area contributed by atoms with Gasteiger partial charge >= 0.3 is 0 Å². The normalized spacial score (nSPS) is 8.71. The van der Waals surface area contributed by atoms with Gasteiger partial charge in [-0.25, -0.2) is 0 Å². The Morgan fingerprint density at radius 2 is 2.14 bits per heavy atom. The molecule has 0 saturated carbocycles. The van der Waals surface area contributed by atoms with E-state index in [1.807, 2.05) is 0 Å². The number of aldehydes is 1. The maximum absolute atomic E-state index is 9.66. The Hall–Kier alpha value is 0.150. The average molecular weight is 165 g/mol. The zero-order valence-corrected chi connectivity index (χ0v) is 5.78. The monoisotopic (exact) mass is 164 g/mol. The van der Waals surface area contributed by atoms with Gasteiger partial charge in [-0.1, -0.05) is 15.9 Å². The van der Waals surface area contributed by atoms with Gasteiger partial charge in [0.1, 0.15) is 6.29 Å². The number of hydrogen-bond donors (Lipinski definition) is 0. The first-order valence-corrected chi connectivity index (χ1v) is 3.53. The zero-order valence-electron chi connectivity index (χ0n) is 4.19. The van der Waals surface area contributed by atoms with Crippen LogP contribution in [0, 0.1) is 0 Å². The van der Waals surface area contributed by atoms with Gasteiger partial charge in [-0.05, 0) is 12.8 Å². The van der Waals surface area contributed by atoms with E-state index in [0.717, 1.165) is 24.5 Å². The lowest BCUT2D eigenvalue weighted by Gasteiger charge is -1.84. The number of carbonyl (C=O) groups excluding carboxylic acids is 1. The number of unbranched alkanes of at least 4 members (excludes halogenated alkanes) is 2. The minimum Gasteiger partial charge on any atom is -0.303 e. The van der Waals surface area contributed by atoms with E-state index in [-0.39, 0.29) is 0 Å². The standard InChI is InChI=1S/C5H9BrO/c6-4-2-1-3-5-7/h5H,1-4H2. The predicted molar refractivity (Wildman–Crippen MR) is 33.7 cm³/mol. The molecule has 0 N–H and O–H groups in total. The topological polar surface area (TPSA) is 17.1 Å². The Morgan fingerprint density at radius 1 is 1.43 bits per heavy atom. The third kappa shape index (κ3) is 6.15. The van der Waals surface area contributed by atoms with Crippen molar-refractivity contribution in [1.82, 2.24) is 0 Å². The van der Waals surface area contributed by atoms with Crippen LogP contribution in [0.2, 0.25) is 0 Å². The molecule has 0 fully saturated rings. The smallest absolute Gasteiger partial charge is 0.119 e. The lowest BCUT2D eigenvalue weighted by Crippen LogP contribution is -1.76. The molecule has 0 aromatic carbocycles. The summed E-state index contributed by atoms with van der Waals surface area (Å²) in [6.07, 6.45) is 3.81. The molecular weight excluding hydrogens is 156 g/mol. The number of alkyl halides is 1. The maximum atomic E-state index is 9.66. The Labute approximate surface area is 52.2 Å². The van der Waals surface area contributed by atoms with E-state index >= 15 is 0 Å². The van der Waals surface area contributed by atoms with Gasteiger partial charge in [0.15, 0.2) is 0 Å². The van der Waals surface area contributed by atoms with Gasteiger partial charge in [0.05, 0.1) is 0 Å². The molecule has 0 bridgehead atoms. The molecule has 0 aliphatic heterocycles. The number of carbonyl (C=O) groups is 1. The summed E-state index contributed by atoms with van der Waals surface area (Å²) in [6.45, 7) is 0. The highest BCUT2D eigenvalue weighted by atomic mass is 79.9. The molecule has 0 aromatic heterocycles. The van der Waals surface area contributed by atoms with Gasteiger partial charge in [-0.2, -0.15) is 0 Å². The van der Waals surface area contributed by atoms with Crippen LogP contribution in [-0.2, 0) is 4.79 Å². The molecule has 0 aliphatic carbocycles. The van der Waals surface area contributed by atoms with Gasteiger partial charge in [0.2, 0.25) is 0 Å². The van der Waals surface area contributed by atoms with Crippen LogP contribution in [-0.4, -0.2) is 11.6 Å². The first-order valence-electron chi connectivity index (χ1n) is 2.41. The fraction of sp³-hybridized carbons (Fsp3) is 0.800. The summed E-state index contributed by atoms with van der Waals surface area (Å²) in [6, 6.07) is 0. The Morgan fingerprint density at radius 3 is 2.57 bits per heavy atom. The molecule has 0 amide bonds. The quantitative estimate of drug-likeness (QED) is 0.352. The zero-order chi connectivity index (χ0) is 5.54. The first kappa shape index (κ1) is 7.15. The van der Waals surface area contributed by atoms with Crippen molar-refractivity contribution >= 4 is 22.2 Å². The first-order chi connectivity index (χ1) is 3.41. The molecule has 0 aliphatic rings. The predicted octanol–water partition coefficient (Wildman–Crippen LogP) is 1.75. The molecule has 42 valence electrons. The van der Waals surface area contributed by atoms with Crippen LogP contribution in [0.4, 0.5) is 0 Å². The largest absolute Gasteiger partial charge is 0.303 e. The summed E-state index contributed by atoms with van der Waals surface area (Å²) < 4.78 is 0. The van der Waals surface area contributed by atoms with Gasteiger partial charge in [-0.3, -0.25) is 0 Å². The number of rotatable bonds is 4. The molecular formula is C5H9BrO. The van der Waals surface area contributed by atoms with Crippen LogP contribution in [0.5, 0.6) is 0 Å². The lowest BCUT2D eigenvalue weighted by atomic mass is 10.3. The highest BCUT2D eigenvalue weighted by molar-refractivity contribution is 9.09. The van der Waals surface area contributed by atoms with E-state index < -0.39 is 0 Å². The third-order valence-corrected chi connectivity index (χ3v) is 1.27. The van der Waals surface area contributed by atoms with E-state index in [9.17, 15) is 4.79 Å². The van der Waals surface area contributed by atoms with Gasteiger partial charge in [0, 0.05) is 11.8 Å². The molecule has 0 unspecified atom stereocenters. The third-order valence-electron chi connectivity index (χ3n) is 0.706. The van der Waals surface area contributed by atoms with Gasteiger partial charge in [-0.15, -0.1) is 0 Å². The van der Waals surface area contributed by atoms with Crippen molar-refractivity contribution in [2.45, 2.75) is 19.3 Å². The summed E-state index contributed by atoms with van der Waals surface area (Å²) in [7, 11) is 0. The SMILES string of the molecule is O=CCCCCBr. The van der Waals surface area contributed by atoms with E-state index in [1.165, 1.54) is 0 Å². The number of halogens is 1. The van der Waals surface area contributed by atoms with Crippen LogP contribution in [0.1, 0.15) is 19.3 Å². The van der Waals surface area contributed by atoms with Crippen molar-refractivity contribution in [3.63, 3.8) is 0 Å². The van der Waals surface area contributed by atoms with Crippen molar-refractivity contribution in [2.24, 2.45) is 0 Å². The molecule has 0 radical (unpaired) electrons. The molecule has 2 heteroatoms. The summed E-state index contributed by atoms with van der Waals surface area (Å²) in [4.78, 5) is 9.66. The van der Waals surface area contributed by atoms with Crippen molar-refractivity contribution in [1.29, 1.82) is 0 Å². The summed E-state index contributed by atoms with van der Waals surface area (Å²) in [5, 5.41) is 1.01. The summed E-state index contributed by atoms with van der Waals surface area (Å²) in [5.41, 5.74) is 0. The van der Waals surface area contributed by atoms with E-state index in [2.05, 4.69) is 15.9 Å². The minimum absolute atomic E-state index is 0.714. The molecule has 0 aromatic rings. The minimum atomic E-state index is 0.714. The second-order valence-corrected chi connectivity index (χ2v) is 2.14. The molecule has 0 rings (SSSR count).